The number of fused-ring (bicyclic) bond motifs is 6. The molecule has 0 spiro atoms. The zero-order valence-corrected chi connectivity index (χ0v) is 14.2. The zero-order chi connectivity index (χ0) is 16.8. The third kappa shape index (κ3) is 2.39. The Bertz CT molecular complexity index is 863. The van der Waals surface area contributed by atoms with E-state index in [-0.39, 0.29) is 12.3 Å². The molecule has 0 radical (unpaired) electrons. The summed E-state index contributed by atoms with van der Waals surface area (Å²) >= 11 is 0. The van der Waals surface area contributed by atoms with Crippen molar-refractivity contribution < 1.29 is 0 Å². The van der Waals surface area contributed by atoms with Gasteiger partial charge in [-0.1, -0.05) is 66.2 Å². The molecule has 0 aliphatic carbocycles. The van der Waals surface area contributed by atoms with Crippen LogP contribution in [0.15, 0.2) is 72.8 Å². The molecule has 25 heavy (non-hydrogen) atoms. The number of anilines is 2. The van der Waals surface area contributed by atoms with Gasteiger partial charge in [-0.2, -0.15) is 0 Å². The van der Waals surface area contributed by atoms with Crippen molar-refractivity contribution in [1.29, 1.82) is 0 Å². The van der Waals surface area contributed by atoms with E-state index in [1.807, 2.05) is 0 Å². The lowest BCUT2D eigenvalue weighted by Crippen LogP contribution is -2.47. The van der Waals surface area contributed by atoms with Gasteiger partial charge in [-0.15, -0.1) is 0 Å². The third-order valence-corrected chi connectivity index (χ3v) is 5.24. The van der Waals surface area contributed by atoms with Gasteiger partial charge in [-0.3, -0.25) is 4.90 Å². The number of rotatable bonds is 2. The van der Waals surface area contributed by atoms with Crippen LogP contribution in [0.2, 0.25) is 0 Å². The lowest BCUT2D eigenvalue weighted by atomic mass is 9.95. The van der Waals surface area contributed by atoms with Gasteiger partial charge in [0.15, 0.2) is 0 Å². The highest BCUT2D eigenvalue weighted by atomic mass is 15.4. The predicted molar refractivity (Wildman–Crippen MR) is 102 cm³/mol. The van der Waals surface area contributed by atoms with Gasteiger partial charge in [0.25, 0.3) is 0 Å². The SMILES string of the molecule is Cc1ccc(CN2[C@H]3Nc4ccccc4[C@@H]2Nc2ccccc23)cc1. The second kappa shape index (κ2) is 5.64. The fourth-order valence-electron chi connectivity index (χ4n) is 3.94. The molecule has 3 heteroatoms. The molecule has 0 amide bonds. The lowest BCUT2D eigenvalue weighted by Gasteiger charge is -2.49. The summed E-state index contributed by atoms with van der Waals surface area (Å²) in [5.41, 5.74) is 7.69. The summed E-state index contributed by atoms with van der Waals surface area (Å²) in [6, 6.07) is 26.1. The van der Waals surface area contributed by atoms with Gasteiger partial charge in [-0.05, 0) is 24.6 Å². The smallest absolute Gasteiger partial charge is 0.110 e. The number of para-hydroxylation sites is 2. The molecule has 3 nitrogen and oxygen atoms in total. The van der Waals surface area contributed by atoms with Crippen LogP contribution in [0.3, 0.4) is 0 Å². The van der Waals surface area contributed by atoms with Gasteiger partial charge in [0.1, 0.15) is 12.3 Å². The topological polar surface area (TPSA) is 27.3 Å². The van der Waals surface area contributed by atoms with E-state index in [2.05, 4.69) is 95.3 Å². The van der Waals surface area contributed by atoms with Crippen LogP contribution in [0.1, 0.15) is 34.6 Å². The van der Waals surface area contributed by atoms with Gasteiger partial charge in [0.2, 0.25) is 0 Å². The molecule has 3 aromatic carbocycles. The van der Waals surface area contributed by atoms with Crippen molar-refractivity contribution in [2.75, 3.05) is 10.6 Å². The van der Waals surface area contributed by atoms with Crippen molar-refractivity contribution in [1.82, 2.24) is 4.90 Å². The minimum atomic E-state index is 0.179. The predicted octanol–water partition coefficient (Wildman–Crippen LogP) is 5.05. The van der Waals surface area contributed by atoms with E-state index in [9.17, 15) is 0 Å². The van der Waals surface area contributed by atoms with E-state index >= 15 is 0 Å². The molecular weight excluding hydrogens is 306 g/mol. The third-order valence-electron chi connectivity index (χ3n) is 5.24. The summed E-state index contributed by atoms with van der Waals surface area (Å²) in [6.07, 6.45) is 0.359. The fourth-order valence-corrected chi connectivity index (χ4v) is 3.94. The lowest BCUT2D eigenvalue weighted by molar-refractivity contribution is 0.138. The second-order valence-electron chi connectivity index (χ2n) is 6.93. The Kier molecular flexibility index (Phi) is 3.28. The van der Waals surface area contributed by atoms with Crippen LogP contribution in [-0.2, 0) is 6.54 Å². The van der Waals surface area contributed by atoms with Gasteiger partial charge in [-0.25, -0.2) is 0 Å². The van der Waals surface area contributed by atoms with E-state index < -0.39 is 0 Å². The molecule has 2 aliphatic rings. The zero-order valence-electron chi connectivity index (χ0n) is 14.2. The highest BCUT2D eigenvalue weighted by molar-refractivity contribution is 5.65. The highest BCUT2D eigenvalue weighted by Crippen LogP contribution is 2.47. The normalized spacial score (nSPS) is 20.8. The highest BCUT2D eigenvalue weighted by Gasteiger charge is 2.39. The summed E-state index contributed by atoms with van der Waals surface area (Å²) in [7, 11) is 0. The molecule has 0 unspecified atom stereocenters. The molecular formula is C22H21N3. The first-order chi connectivity index (χ1) is 12.3. The molecule has 124 valence electrons. The Balaban J connectivity index is 1.59. The number of nitrogens with one attached hydrogen (secondary N) is 2. The minimum Gasteiger partial charge on any atom is -0.365 e. The van der Waals surface area contributed by atoms with Crippen LogP contribution in [0.4, 0.5) is 11.4 Å². The summed E-state index contributed by atoms with van der Waals surface area (Å²) in [5, 5.41) is 7.50. The quantitative estimate of drug-likeness (QED) is 0.690. The van der Waals surface area contributed by atoms with Crippen molar-refractivity contribution in [2.24, 2.45) is 0 Å². The van der Waals surface area contributed by atoms with Crippen LogP contribution in [-0.4, -0.2) is 4.90 Å². The van der Waals surface area contributed by atoms with Crippen LogP contribution in [0.25, 0.3) is 0 Å². The van der Waals surface area contributed by atoms with Gasteiger partial charge < -0.3 is 10.6 Å². The van der Waals surface area contributed by atoms with Crippen LogP contribution in [0.5, 0.6) is 0 Å². The fraction of sp³-hybridized carbons (Fsp3) is 0.182. The molecule has 2 aliphatic heterocycles. The summed E-state index contributed by atoms with van der Waals surface area (Å²) in [5.74, 6) is 0. The summed E-state index contributed by atoms with van der Waals surface area (Å²) in [6.45, 7) is 3.04. The Morgan fingerprint density at radius 3 is 1.80 bits per heavy atom. The number of hydrogen-bond donors (Lipinski definition) is 2. The Hall–Kier alpha value is -2.78. The number of aryl methyl sites for hydroxylation is 1. The maximum Gasteiger partial charge on any atom is 0.110 e. The first-order valence-corrected chi connectivity index (χ1v) is 8.82. The molecule has 2 heterocycles. The standard InChI is InChI=1S/C22H21N3/c1-15-10-12-16(13-11-15)14-25-21-17-6-2-4-8-19(17)23-22(25)18-7-3-5-9-20(18)24-21/h2-13,21-24H,14H2,1H3/t21-,22-/m1/s1. The summed E-state index contributed by atoms with van der Waals surface area (Å²) < 4.78 is 0. The van der Waals surface area contributed by atoms with Gasteiger partial charge in [0, 0.05) is 29.0 Å². The molecule has 0 fully saturated rings. The summed E-state index contributed by atoms with van der Waals surface area (Å²) in [4.78, 5) is 2.51. The van der Waals surface area contributed by atoms with E-state index in [0.717, 1.165) is 6.54 Å². The molecule has 0 aromatic heterocycles. The van der Waals surface area contributed by atoms with E-state index in [0.29, 0.717) is 0 Å². The van der Waals surface area contributed by atoms with E-state index in [4.69, 9.17) is 0 Å². The molecule has 0 saturated carbocycles. The van der Waals surface area contributed by atoms with E-state index in [1.54, 1.807) is 0 Å². The number of nitrogens with zero attached hydrogens (tertiary/aromatic N) is 1. The molecule has 0 saturated heterocycles. The monoisotopic (exact) mass is 327 g/mol. The number of hydrogen-bond acceptors (Lipinski definition) is 3. The van der Waals surface area contributed by atoms with E-state index in [1.165, 1.54) is 33.6 Å². The largest absolute Gasteiger partial charge is 0.365 e. The average Bonchev–Trinajstić information content (AvgIpc) is 2.64. The van der Waals surface area contributed by atoms with Crippen molar-refractivity contribution >= 4 is 11.4 Å². The molecule has 2 N–H and O–H groups in total. The minimum absolute atomic E-state index is 0.179. The van der Waals surface area contributed by atoms with Crippen LogP contribution >= 0.6 is 0 Å². The Morgan fingerprint density at radius 1 is 0.720 bits per heavy atom. The maximum absolute atomic E-state index is 3.75. The molecule has 5 rings (SSSR count). The molecule has 3 aromatic rings. The molecule has 2 atom stereocenters. The van der Waals surface area contributed by atoms with Crippen LogP contribution < -0.4 is 10.6 Å². The second-order valence-corrected chi connectivity index (χ2v) is 6.93. The van der Waals surface area contributed by atoms with Gasteiger partial charge >= 0.3 is 0 Å². The van der Waals surface area contributed by atoms with Crippen molar-refractivity contribution in [3.8, 4) is 0 Å². The first kappa shape index (κ1) is 14.6. The Morgan fingerprint density at radius 2 is 1.24 bits per heavy atom. The van der Waals surface area contributed by atoms with Gasteiger partial charge in [0.05, 0.1) is 0 Å². The maximum atomic E-state index is 3.75. The van der Waals surface area contributed by atoms with Crippen molar-refractivity contribution in [3.05, 3.63) is 95.1 Å². The average molecular weight is 327 g/mol. The first-order valence-electron chi connectivity index (χ1n) is 8.82. The number of benzene rings is 3. The van der Waals surface area contributed by atoms with Crippen molar-refractivity contribution in [3.63, 3.8) is 0 Å². The molecule has 2 bridgehead atoms. The van der Waals surface area contributed by atoms with Crippen LogP contribution in [0, 0.1) is 6.92 Å². The Labute approximate surface area is 148 Å². The van der Waals surface area contributed by atoms with Crippen molar-refractivity contribution in [2.45, 2.75) is 25.8 Å².